The predicted octanol–water partition coefficient (Wildman–Crippen LogP) is 3.99. The summed E-state index contributed by atoms with van der Waals surface area (Å²) in [5.74, 6) is 0. The molecule has 2 aromatic rings. The van der Waals surface area contributed by atoms with E-state index in [0.29, 0.717) is 0 Å². The van der Waals surface area contributed by atoms with Crippen molar-refractivity contribution in [3.8, 4) is 0 Å². The van der Waals surface area contributed by atoms with Gasteiger partial charge in [0.1, 0.15) is 0 Å². The predicted molar refractivity (Wildman–Crippen MR) is 70.9 cm³/mol. The zero-order valence-electron chi connectivity index (χ0n) is 10.0. The first-order chi connectivity index (χ1) is 8.28. The van der Waals surface area contributed by atoms with Gasteiger partial charge in [-0.3, -0.25) is 0 Å². The van der Waals surface area contributed by atoms with Crippen molar-refractivity contribution in [2.45, 2.75) is 37.7 Å². The Morgan fingerprint density at radius 2 is 1.53 bits per heavy atom. The Morgan fingerprint density at radius 1 is 0.824 bits per heavy atom. The van der Waals surface area contributed by atoms with Crippen LogP contribution in [-0.2, 0) is 5.60 Å². The standard InChI is InChI=1S/C16H18O/c17-16(10-4-1-5-11-16)15-9-8-13-6-2-3-7-14(13)12-15/h2-3,6-9,12,17H,1,4-5,10-11H2. The summed E-state index contributed by atoms with van der Waals surface area (Å²) in [4.78, 5) is 0. The molecule has 1 fully saturated rings. The van der Waals surface area contributed by atoms with E-state index < -0.39 is 5.60 Å². The van der Waals surface area contributed by atoms with E-state index in [9.17, 15) is 5.11 Å². The number of hydrogen-bond donors (Lipinski definition) is 1. The first-order valence-corrected chi connectivity index (χ1v) is 6.50. The fourth-order valence-corrected chi connectivity index (χ4v) is 2.90. The minimum Gasteiger partial charge on any atom is -0.385 e. The molecule has 0 saturated heterocycles. The van der Waals surface area contributed by atoms with E-state index in [2.05, 4.69) is 42.5 Å². The topological polar surface area (TPSA) is 20.2 Å². The largest absolute Gasteiger partial charge is 0.385 e. The summed E-state index contributed by atoms with van der Waals surface area (Å²) in [6.45, 7) is 0. The Hall–Kier alpha value is -1.34. The highest BCUT2D eigenvalue weighted by molar-refractivity contribution is 5.83. The van der Waals surface area contributed by atoms with Gasteiger partial charge in [-0.15, -0.1) is 0 Å². The summed E-state index contributed by atoms with van der Waals surface area (Å²) >= 11 is 0. The molecule has 3 rings (SSSR count). The molecule has 0 radical (unpaired) electrons. The van der Waals surface area contributed by atoms with Crippen molar-refractivity contribution < 1.29 is 5.11 Å². The van der Waals surface area contributed by atoms with Crippen molar-refractivity contribution in [2.24, 2.45) is 0 Å². The van der Waals surface area contributed by atoms with Crippen LogP contribution in [0, 0.1) is 0 Å². The maximum atomic E-state index is 10.7. The van der Waals surface area contributed by atoms with Crippen molar-refractivity contribution in [1.82, 2.24) is 0 Å². The molecule has 0 aliphatic heterocycles. The van der Waals surface area contributed by atoms with Gasteiger partial charge in [0.25, 0.3) is 0 Å². The Balaban J connectivity index is 2.05. The van der Waals surface area contributed by atoms with Gasteiger partial charge in [-0.2, -0.15) is 0 Å². The van der Waals surface area contributed by atoms with Crippen LogP contribution in [0.15, 0.2) is 42.5 Å². The molecule has 1 N–H and O–H groups in total. The first-order valence-electron chi connectivity index (χ1n) is 6.50. The maximum Gasteiger partial charge on any atom is 0.0896 e. The highest BCUT2D eigenvalue weighted by Gasteiger charge is 2.30. The van der Waals surface area contributed by atoms with Crippen LogP contribution in [0.5, 0.6) is 0 Å². The number of fused-ring (bicyclic) bond motifs is 1. The number of hydrogen-bond acceptors (Lipinski definition) is 1. The van der Waals surface area contributed by atoms with Crippen LogP contribution in [0.25, 0.3) is 10.8 Å². The third-order valence-corrected chi connectivity index (χ3v) is 3.97. The monoisotopic (exact) mass is 226 g/mol. The molecule has 0 amide bonds. The summed E-state index contributed by atoms with van der Waals surface area (Å²) in [6, 6.07) is 14.7. The molecule has 0 unspecified atom stereocenters. The zero-order chi connectivity index (χ0) is 11.7. The van der Waals surface area contributed by atoms with Gasteiger partial charge >= 0.3 is 0 Å². The third kappa shape index (κ3) is 1.96. The Bertz CT molecular complexity index is 524. The van der Waals surface area contributed by atoms with Crippen molar-refractivity contribution in [3.05, 3.63) is 48.0 Å². The van der Waals surface area contributed by atoms with Crippen molar-refractivity contribution in [3.63, 3.8) is 0 Å². The second-order valence-corrected chi connectivity index (χ2v) is 5.15. The van der Waals surface area contributed by atoms with E-state index in [1.807, 2.05) is 0 Å². The lowest BCUT2D eigenvalue weighted by Gasteiger charge is -2.32. The molecule has 1 heteroatoms. The van der Waals surface area contributed by atoms with Crippen LogP contribution in [0.3, 0.4) is 0 Å². The second kappa shape index (κ2) is 4.15. The molecule has 1 aliphatic carbocycles. The molecule has 1 saturated carbocycles. The minimum atomic E-state index is -0.581. The summed E-state index contributed by atoms with van der Waals surface area (Å²) in [6.07, 6.45) is 5.36. The van der Waals surface area contributed by atoms with E-state index in [1.54, 1.807) is 0 Å². The lowest BCUT2D eigenvalue weighted by atomic mass is 9.79. The Labute approximate surface area is 102 Å². The van der Waals surface area contributed by atoms with E-state index in [1.165, 1.54) is 17.2 Å². The van der Waals surface area contributed by atoms with Crippen LogP contribution >= 0.6 is 0 Å². The van der Waals surface area contributed by atoms with Gasteiger partial charge in [-0.25, -0.2) is 0 Å². The molecule has 0 spiro atoms. The van der Waals surface area contributed by atoms with Gasteiger partial charge in [0.05, 0.1) is 5.60 Å². The molecule has 0 bridgehead atoms. The van der Waals surface area contributed by atoms with E-state index >= 15 is 0 Å². The first kappa shape index (κ1) is 10.8. The van der Waals surface area contributed by atoms with E-state index in [4.69, 9.17) is 0 Å². The fourth-order valence-electron chi connectivity index (χ4n) is 2.90. The van der Waals surface area contributed by atoms with Crippen molar-refractivity contribution in [1.29, 1.82) is 0 Å². The van der Waals surface area contributed by atoms with Crippen LogP contribution in [0.4, 0.5) is 0 Å². The smallest absolute Gasteiger partial charge is 0.0896 e. The summed E-state index contributed by atoms with van der Waals surface area (Å²) < 4.78 is 0. The average molecular weight is 226 g/mol. The molecule has 17 heavy (non-hydrogen) atoms. The SMILES string of the molecule is OC1(c2ccc3ccccc3c2)CCCCC1. The van der Waals surface area contributed by atoms with Crippen molar-refractivity contribution >= 4 is 10.8 Å². The summed E-state index contributed by atoms with van der Waals surface area (Å²) in [5.41, 5.74) is 0.512. The van der Waals surface area contributed by atoms with Gasteiger partial charge in [-0.05, 0) is 35.2 Å². The van der Waals surface area contributed by atoms with Crippen LogP contribution < -0.4 is 0 Å². The lowest BCUT2D eigenvalue weighted by Crippen LogP contribution is -2.28. The average Bonchev–Trinajstić information content (AvgIpc) is 2.39. The zero-order valence-corrected chi connectivity index (χ0v) is 10.0. The highest BCUT2D eigenvalue weighted by atomic mass is 16.3. The molecule has 0 atom stereocenters. The molecule has 0 heterocycles. The van der Waals surface area contributed by atoms with Gasteiger partial charge < -0.3 is 5.11 Å². The molecule has 1 nitrogen and oxygen atoms in total. The maximum absolute atomic E-state index is 10.7. The summed E-state index contributed by atoms with van der Waals surface area (Å²) in [5, 5.41) is 13.2. The van der Waals surface area contributed by atoms with Gasteiger partial charge in [0.2, 0.25) is 0 Å². The second-order valence-electron chi connectivity index (χ2n) is 5.15. The molecule has 0 aromatic heterocycles. The van der Waals surface area contributed by atoms with Crippen LogP contribution in [0.2, 0.25) is 0 Å². The molecular formula is C16H18O. The number of aliphatic hydroxyl groups is 1. The number of benzene rings is 2. The van der Waals surface area contributed by atoms with E-state index in [-0.39, 0.29) is 0 Å². The molecular weight excluding hydrogens is 208 g/mol. The molecule has 88 valence electrons. The fraction of sp³-hybridized carbons (Fsp3) is 0.375. The Morgan fingerprint density at radius 3 is 2.29 bits per heavy atom. The van der Waals surface area contributed by atoms with Gasteiger partial charge in [-0.1, -0.05) is 55.7 Å². The van der Waals surface area contributed by atoms with Crippen LogP contribution in [-0.4, -0.2) is 5.11 Å². The molecule has 2 aromatic carbocycles. The van der Waals surface area contributed by atoms with Gasteiger partial charge in [0.15, 0.2) is 0 Å². The number of rotatable bonds is 1. The Kier molecular flexibility index (Phi) is 2.64. The lowest BCUT2D eigenvalue weighted by molar-refractivity contribution is -0.000507. The third-order valence-electron chi connectivity index (χ3n) is 3.97. The normalized spacial score (nSPS) is 19.4. The van der Waals surface area contributed by atoms with E-state index in [0.717, 1.165) is 31.2 Å². The van der Waals surface area contributed by atoms with Crippen molar-refractivity contribution in [2.75, 3.05) is 0 Å². The minimum absolute atomic E-state index is 0.581. The highest BCUT2D eigenvalue weighted by Crippen LogP contribution is 2.37. The van der Waals surface area contributed by atoms with Crippen LogP contribution in [0.1, 0.15) is 37.7 Å². The summed E-state index contributed by atoms with van der Waals surface area (Å²) in [7, 11) is 0. The quantitative estimate of drug-likeness (QED) is 0.779. The van der Waals surface area contributed by atoms with Gasteiger partial charge in [0, 0.05) is 0 Å². The molecule has 1 aliphatic rings.